The SMILES string of the molecule is CCOC(=O)C(Cc1ccc(C(F)(F)F)o1)c1cncc(Br)c1. The van der Waals surface area contributed by atoms with E-state index < -0.39 is 23.8 Å². The maximum atomic E-state index is 12.6. The zero-order valence-corrected chi connectivity index (χ0v) is 13.6. The Morgan fingerprint density at radius 2 is 2.13 bits per heavy atom. The number of aromatic nitrogens is 1. The number of ether oxygens (including phenoxy) is 1. The third-order valence-electron chi connectivity index (χ3n) is 3.05. The lowest BCUT2D eigenvalue weighted by Crippen LogP contribution is -2.18. The van der Waals surface area contributed by atoms with Crippen LogP contribution < -0.4 is 0 Å². The summed E-state index contributed by atoms with van der Waals surface area (Å²) in [7, 11) is 0. The first-order valence-electron chi connectivity index (χ1n) is 6.74. The molecule has 2 rings (SSSR count). The Balaban J connectivity index is 2.28. The van der Waals surface area contributed by atoms with Crippen LogP contribution in [0, 0.1) is 0 Å². The number of rotatable bonds is 5. The molecule has 1 unspecified atom stereocenters. The highest BCUT2D eigenvalue weighted by Crippen LogP contribution is 2.32. The van der Waals surface area contributed by atoms with Gasteiger partial charge >= 0.3 is 12.1 Å². The highest BCUT2D eigenvalue weighted by molar-refractivity contribution is 9.10. The number of esters is 1. The first-order valence-corrected chi connectivity index (χ1v) is 7.53. The lowest BCUT2D eigenvalue weighted by atomic mass is 9.96. The molecule has 2 heterocycles. The Bertz CT molecular complexity index is 685. The summed E-state index contributed by atoms with van der Waals surface area (Å²) in [5.41, 5.74) is 0.530. The summed E-state index contributed by atoms with van der Waals surface area (Å²) in [5.74, 6) is -2.39. The van der Waals surface area contributed by atoms with Gasteiger partial charge in [0, 0.05) is 23.3 Å². The number of carbonyl (C=O) groups excluding carboxylic acids is 1. The molecule has 23 heavy (non-hydrogen) atoms. The van der Waals surface area contributed by atoms with Gasteiger partial charge in [0.25, 0.3) is 0 Å². The third-order valence-corrected chi connectivity index (χ3v) is 3.48. The Morgan fingerprint density at radius 3 is 2.70 bits per heavy atom. The molecule has 2 aromatic rings. The monoisotopic (exact) mass is 391 g/mol. The summed E-state index contributed by atoms with van der Waals surface area (Å²) in [6.45, 7) is 1.82. The molecule has 4 nitrogen and oxygen atoms in total. The molecule has 0 amide bonds. The molecule has 0 spiro atoms. The van der Waals surface area contributed by atoms with Crippen molar-refractivity contribution >= 4 is 21.9 Å². The van der Waals surface area contributed by atoms with Crippen LogP contribution in [0.5, 0.6) is 0 Å². The highest BCUT2D eigenvalue weighted by atomic mass is 79.9. The molecule has 0 N–H and O–H groups in total. The summed E-state index contributed by atoms with van der Waals surface area (Å²) in [6, 6.07) is 3.72. The normalized spacial score (nSPS) is 12.9. The molecular weight excluding hydrogens is 379 g/mol. The Hall–Kier alpha value is -1.83. The lowest BCUT2D eigenvalue weighted by Gasteiger charge is -2.15. The average molecular weight is 392 g/mol. The molecule has 0 aliphatic rings. The number of hydrogen-bond donors (Lipinski definition) is 0. The molecule has 2 aromatic heterocycles. The van der Waals surface area contributed by atoms with Crippen molar-refractivity contribution in [3.63, 3.8) is 0 Å². The van der Waals surface area contributed by atoms with E-state index in [1.807, 2.05) is 0 Å². The van der Waals surface area contributed by atoms with Crippen LogP contribution in [-0.2, 0) is 22.1 Å². The van der Waals surface area contributed by atoms with E-state index in [1.165, 1.54) is 12.3 Å². The van der Waals surface area contributed by atoms with Gasteiger partial charge in [0.1, 0.15) is 5.76 Å². The van der Waals surface area contributed by atoms with Crippen molar-refractivity contribution in [1.82, 2.24) is 4.98 Å². The van der Waals surface area contributed by atoms with E-state index in [0.29, 0.717) is 10.0 Å². The summed E-state index contributed by atoms with van der Waals surface area (Å²) in [6.07, 6.45) is -1.59. The Morgan fingerprint density at radius 1 is 1.39 bits per heavy atom. The van der Waals surface area contributed by atoms with Crippen LogP contribution in [0.2, 0.25) is 0 Å². The highest BCUT2D eigenvalue weighted by Gasteiger charge is 2.35. The second-order valence-electron chi connectivity index (χ2n) is 4.71. The minimum absolute atomic E-state index is 0.0486. The molecule has 0 aliphatic carbocycles. The van der Waals surface area contributed by atoms with Crippen LogP contribution >= 0.6 is 15.9 Å². The number of carbonyl (C=O) groups is 1. The van der Waals surface area contributed by atoms with Gasteiger partial charge < -0.3 is 9.15 Å². The van der Waals surface area contributed by atoms with Gasteiger partial charge in [0.05, 0.1) is 12.5 Å². The fourth-order valence-corrected chi connectivity index (χ4v) is 2.42. The number of pyridine rings is 1. The molecule has 0 fully saturated rings. The van der Waals surface area contributed by atoms with Gasteiger partial charge in [-0.15, -0.1) is 0 Å². The van der Waals surface area contributed by atoms with E-state index in [1.54, 1.807) is 19.2 Å². The molecule has 0 bridgehead atoms. The van der Waals surface area contributed by atoms with Crippen molar-refractivity contribution in [2.75, 3.05) is 6.61 Å². The molecule has 1 atom stereocenters. The topological polar surface area (TPSA) is 52.3 Å². The quantitative estimate of drug-likeness (QED) is 0.711. The van der Waals surface area contributed by atoms with Gasteiger partial charge in [-0.05, 0) is 46.6 Å². The predicted molar refractivity (Wildman–Crippen MR) is 78.7 cm³/mol. The van der Waals surface area contributed by atoms with E-state index >= 15 is 0 Å². The largest absolute Gasteiger partial charge is 0.466 e. The van der Waals surface area contributed by atoms with Crippen LogP contribution in [0.25, 0.3) is 0 Å². The van der Waals surface area contributed by atoms with E-state index in [2.05, 4.69) is 20.9 Å². The van der Waals surface area contributed by atoms with E-state index in [-0.39, 0.29) is 18.8 Å². The van der Waals surface area contributed by atoms with Gasteiger partial charge in [-0.3, -0.25) is 9.78 Å². The molecule has 8 heteroatoms. The van der Waals surface area contributed by atoms with Crippen molar-refractivity contribution in [3.8, 4) is 0 Å². The number of alkyl halides is 3. The van der Waals surface area contributed by atoms with Gasteiger partial charge in [0.15, 0.2) is 0 Å². The number of furan rings is 1. The second kappa shape index (κ2) is 7.16. The number of hydrogen-bond acceptors (Lipinski definition) is 4. The van der Waals surface area contributed by atoms with Gasteiger partial charge in [-0.25, -0.2) is 0 Å². The van der Waals surface area contributed by atoms with Gasteiger partial charge in [0.2, 0.25) is 5.76 Å². The van der Waals surface area contributed by atoms with Gasteiger partial charge in [-0.1, -0.05) is 0 Å². The summed E-state index contributed by atoms with van der Waals surface area (Å²) in [5, 5.41) is 0. The van der Waals surface area contributed by atoms with Crippen molar-refractivity contribution in [2.45, 2.75) is 25.4 Å². The average Bonchev–Trinajstić information content (AvgIpc) is 2.93. The first kappa shape index (κ1) is 17.5. The van der Waals surface area contributed by atoms with E-state index in [9.17, 15) is 18.0 Å². The molecule has 124 valence electrons. The van der Waals surface area contributed by atoms with Crippen LogP contribution in [0.1, 0.15) is 29.9 Å². The smallest absolute Gasteiger partial charge is 0.449 e. The molecule has 0 radical (unpaired) electrons. The van der Waals surface area contributed by atoms with Crippen molar-refractivity contribution < 1.29 is 27.1 Å². The van der Waals surface area contributed by atoms with Crippen LogP contribution in [0.4, 0.5) is 13.2 Å². The molecule has 0 aliphatic heterocycles. The zero-order chi connectivity index (χ0) is 17.0. The van der Waals surface area contributed by atoms with E-state index in [4.69, 9.17) is 9.15 Å². The maximum absolute atomic E-state index is 12.6. The van der Waals surface area contributed by atoms with Crippen LogP contribution in [0.3, 0.4) is 0 Å². The van der Waals surface area contributed by atoms with Crippen molar-refractivity contribution in [2.24, 2.45) is 0 Å². The molecule has 0 saturated heterocycles. The summed E-state index contributed by atoms with van der Waals surface area (Å²) >= 11 is 3.25. The van der Waals surface area contributed by atoms with Gasteiger partial charge in [-0.2, -0.15) is 13.2 Å². The minimum atomic E-state index is -4.56. The summed E-state index contributed by atoms with van der Waals surface area (Å²) < 4.78 is 48.2. The molecule has 0 saturated carbocycles. The summed E-state index contributed by atoms with van der Waals surface area (Å²) in [4.78, 5) is 16.1. The predicted octanol–water partition coefficient (Wildman–Crippen LogP) is 4.35. The minimum Gasteiger partial charge on any atom is -0.466 e. The van der Waals surface area contributed by atoms with Crippen molar-refractivity contribution in [3.05, 3.63) is 52.1 Å². The second-order valence-corrected chi connectivity index (χ2v) is 5.62. The number of nitrogens with zero attached hydrogens (tertiary/aromatic N) is 1. The Labute approximate surface area is 138 Å². The van der Waals surface area contributed by atoms with E-state index in [0.717, 1.165) is 6.07 Å². The van der Waals surface area contributed by atoms with Crippen LogP contribution in [-0.4, -0.2) is 17.6 Å². The van der Waals surface area contributed by atoms with Crippen molar-refractivity contribution in [1.29, 1.82) is 0 Å². The standard InChI is InChI=1S/C15H13BrF3NO3/c1-2-22-14(21)12(9-5-10(16)8-20-7-9)6-11-3-4-13(23-11)15(17,18)19/h3-5,7-8,12H,2,6H2,1H3. The third kappa shape index (κ3) is 4.57. The number of halogens is 4. The molecular formula is C15H13BrF3NO3. The van der Waals surface area contributed by atoms with Crippen LogP contribution in [0.15, 0.2) is 39.5 Å². The zero-order valence-electron chi connectivity index (χ0n) is 12.1. The fraction of sp³-hybridized carbons (Fsp3) is 0.333. The fourth-order valence-electron chi connectivity index (χ4n) is 2.04. The maximum Gasteiger partial charge on any atom is 0.449 e. The molecule has 0 aromatic carbocycles. The Kier molecular flexibility index (Phi) is 5.46. The lowest BCUT2D eigenvalue weighted by molar-refractivity contribution is -0.153. The first-order chi connectivity index (χ1) is 10.8.